The van der Waals surface area contributed by atoms with Crippen molar-refractivity contribution >= 4 is 0 Å². The number of allylic oxidation sites excluding steroid dienone is 1. The normalized spacial score (nSPS) is 31.1. The minimum atomic E-state index is 0.103. The fourth-order valence-electron chi connectivity index (χ4n) is 1.59. The van der Waals surface area contributed by atoms with Gasteiger partial charge in [0.2, 0.25) is 0 Å². The van der Waals surface area contributed by atoms with Crippen molar-refractivity contribution in [3.63, 3.8) is 0 Å². The van der Waals surface area contributed by atoms with Gasteiger partial charge in [-0.1, -0.05) is 12.2 Å². The molecule has 1 aliphatic carbocycles. The van der Waals surface area contributed by atoms with E-state index in [9.17, 15) is 0 Å². The van der Waals surface area contributed by atoms with E-state index in [4.69, 9.17) is 5.73 Å². The largest absolute Gasteiger partial charge is 0.312 e. The molecule has 0 spiro atoms. The van der Waals surface area contributed by atoms with Gasteiger partial charge >= 0.3 is 0 Å². The maximum atomic E-state index is 5.77. The second kappa shape index (κ2) is 2.22. The summed E-state index contributed by atoms with van der Waals surface area (Å²) in [6.45, 7) is 1.00. The fraction of sp³-hybridized carbons (Fsp3) is 0.500. The third-order valence-corrected chi connectivity index (χ3v) is 2.19. The van der Waals surface area contributed by atoms with Gasteiger partial charge in [-0.05, 0) is 24.0 Å². The molecule has 0 radical (unpaired) electrons. The summed E-state index contributed by atoms with van der Waals surface area (Å²) >= 11 is 0. The van der Waals surface area contributed by atoms with E-state index in [1.54, 1.807) is 0 Å². The van der Waals surface area contributed by atoms with Crippen molar-refractivity contribution < 1.29 is 0 Å². The third kappa shape index (κ3) is 0.805. The molecule has 1 atom stereocenters. The molecule has 0 saturated heterocycles. The van der Waals surface area contributed by atoms with Crippen molar-refractivity contribution in [3.8, 4) is 0 Å². The Morgan fingerprint density at radius 3 is 3.30 bits per heavy atom. The van der Waals surface area contributed by atoms with Gasteiger partial charge in [0, 0.05) is 6.54 Å². The Hall–Kier alpha value is -0.600. The van der Waals surface area contributed by atoms with Crippen LogP contribution in [-0.2, 0) is 0 Å². The van der Waals surface area contributed by atoms with Crippen LogP contribution in [-0.4, -0.2) is 12.7 Å². The molecule has 0 aromatic rings. The van der Waals surface area contributed by atoms with Crippen LogP contribution in [0.25, 0.3) is 0 Å². The Balaban J connectivity index is 2.30. The van der Waals surface area contributed by atoms with Gasteiger partial charge in [-0.2, -0.15) is 0 Å². The fourth-order valence-corrected chi connectivity index (χ4v) is 1.59. The molecular formula is C8H12N2. The summed E-state index contributed by atoms with van der Waals surface area (Å²) in [5, 5.41) is 3.21. The Labute approximate surface area is 60.8 Å². The van der Waals surface area contributed by atoms with Gasteiger partial charge in [-0.15, -0.1) is 0 Å². The van der Waals surface area contributed by atoms with Crippen LogP contribution in [0.4, 0.5) is 0 Å². The summed E-state index contributed by atoms with van der Waals surface area (Å²) in [5.41, 5.74) is 8.60. The van der Waals surface area contributed by atoms with E-state index in [0.717, 1.165) is 6.54 Å². The molecule has 0 saturated carbocycles. The van der Waals surface area contributed by atoms with E-state index < -0.39 is 0 Å². The van der Waals surface area contributed by atoms with Gasteiger partial charge in [0.25, 0.3) is 0 Å². The molecule has 54 valence electrons. The highest BCUT2D eigenvalue weighted by atomic mass is 15.0. The van der Waals surface area contributed by atoms with Crippen LogP contribution in [0.1, 0.15) is 12.8 Å². The molecule has 2 rings (SSSR count). The molecule has 3 N–H and O–H groups in total. The zero-order chi connectivity index (χ0) is 6.97. The van der Waals surface area contributed by atoms with Crippen LogP contribution < -0.4 is 11.1 Å². The van der Waals surface area contributed by atoms with Crippen LogP contribution in [0, 0.1) is 0 Å². The molecule has 0 aromatic carbocycles. The molecule has 1 unspecified atom stereocenters. The first kappa shape index (κ1) is 6.13. The van der Waals surface area contributed by atoms with E-state index in [-0.39, 0.29) is 6.17 Å². The molecule has 0 amide bonds. The summed E-state index contributed by atoms with van der Waals surface area (Å²) in [6.07, 6.45) is 6.85. The van der Waals surface area contributed by atoms with Crippen molar-refractivity contribution in [2.24, 2.45) is 5.73 Å². The van der Waals surface area contributed by atoms with Gasteiger partial charge in [-0.25, -0.2) is 0 Å². The molecule has 10 heavy (non-hydrogen) atoms. The molecular weight excluding hydrogens is 124 g/mol. The lowest BCUT2D eigenvalue weighted by atomic mass is 9.99. The molecule has 0 bridgehead atoms. The number of nitrogens with one attached hydrogen (secondary N) is 1. The topological polar surface area (TPSA) is 38.0 Å². The maximum absolute atomic E-state index is 5.77. The molecule has 1 aliphatic heterocycles. The first-order chi connectivity index (χ1) is 4.88. The highest BCUT2D eigenvalue weighted by Gasteiger charge is 2.20. The Bertz CT molecular complexity index is 203. The average molecular weight is 136 g/mol. The molecule has 1 heterocycles. The third-order valence-electron chi connectivity index (χ3n) is 2.19. The Kier molecular flexibility index (Phi) is 1.36. The second-order valence-electron chi connectivity index (χ2n) is 2.86. The van der Waals surface area contributed by atoms with Gasteiger partial charge < -0.3 is 5.73 Å². The van der Waals surface area contributed by atoms with E-state index in [0.29, 0.717) is 0 Å². The average Bonchev–Trinajstić information content (AvgIpc) is 2.34. The zero-order valence-electron chi connectivity index (χ0n) is 5.93. The summed E-state index contributed by atoms with van der Waals surface area (Å²) in [4.78, 5) is 0. The predicted octanol–water partition coefficient (Wildman–Crippen LogP) is 0.521. The lowest BCUT2D eigenvalue weighted by Crippen LogP contribution is -2.33. The van der Waals surface area contributed by atoms with Crippen LogP contribution >= 0.6 is 0 Å². The van der Waals surface area contributed by atoms with Crippen LogP contribution in [0.3, 0.4) is 0 Å². The SMILES string of the molecule is NC1NCC2=C1C=CCC2. The van der Waals surface area contributed by atoms with Gasteiger partial charge in [0.05, 0.1) is 6.17 Å². The number of hydrogen-bond acceptors (Lipinski definition) is 2. The van der Waals surface area contributed by atoms with Crippen molar-refractivity contribution in [2.45, 2.75) is 19.0 Å². The van der Waals surface area contributed by atoms with Crippen molar-refractivity contribution in [1.29, 1.82) is 0 Å². The van der Waals surface area contributed by atoms with Crippen molar-refractivity contribution in [3.05, 3.63) is 23.3 Å². The van der Waals surface area contributed by atoms with E-state index in [1.165, 1.54) is 24.0 Å². The zero-order valence-corrected chi connectivity index (χ0v) is 5.93. The predicted molar refractivity (Wildman–Crippen MR) is 41.4 cm³/mol. The quantitative estimate of drug-likeness (QED) is 0.509. The minimum absolute atomic E-state index is 0.103. The smallest absolute Gasteiger partial charge is 0.0812 e. The molecule has 0 fully saturated rings. The van der Waals surface area contributed by atoms with Crippen molar-refractivity contribution in [2.75, 3.05) is 6.54 Å². The summed E-state index contributed by atoms with van der Waals surface area (Å²) in [5.74, 6) is 0. The van der Waals surface area contributed by atoms with E-state index >= 15 is 0 Å². The maximum Gasteiger partial charge on any atom is 0.0812 e. The molecule has 2 aliphatic rings. The Morgan fingerprint density at radius 2 is 2.50 bits per heavy atom. The number of nitrogens with two attached hydrogens (primary N) is 1. The van der Waals surface area contributed by atoms with Crippen molar-refractivity contribution in [1.82, 2.24) is 5.32 Å². The lowest BCUT2D eigenvalue weighted by molar-refractivity contribution is 0.679. The number of rotatable bonds is 0. The Morgan fingerprint density at radius 1 is 1.60 bits per heavy atom. The van der Waals surface area contributed by atoms with E-state index in [2.05, 4.69) is 17.5 Å². The van der Waals surface area contributed by atoms with Gasteiger partial charge in [-0.3, -0.25) is 5.32 Å². The minimum Gasteiger partial charge on any atom is -0.312 e. The van der Waals surface area contributed by atoms with E-state index in [1.807, 2.05) is 0 Å². The summed E-state index contributed by atoms with van der Waals surface area (Å²) in [7, 11) is 0. The van der Waals surface area contributed by atoms with Crippen LogP contribution in [0.5, 0.6) is 0 Å². The lowest BCUT2D eigenvalue weighted by Gasteiger charge is -2.08. The first-order valence-electron chi connectivity index (χ1n) is 3.75. The van der Waals surface area contributed by atoms with Crippen LogP contribution in [0.15, 0.2) is 23.3 Å². The molecule has 2 heteroatoms. The summed E-state index contributed by atoms with van der Waals surface area (Å²) < 4.78 is 0. The van der Waals surface area contributed by atoms with Gasteiger partial charge in [0.15, 0.2) is 0 Å². The summed E-state index contributed by atoms with van der Waals surface area (Å²) in [6, 6.07) is 0. The standard InChI is InChI=1S/C8H12N2/c9-8-7-4-2-1-3-6(7)5-10-8/h2,4,8,10H,1,3,5,9H2. The highest BCUT2D eigenvalue weighted by molar-refractivity contribution is 5.37. The first-order valence-corrected chi connectivity index (χ1v) is 3.75. The van der Waals surface area contributed by atoms with Crippen LogP contribution in [0.2, 0.25) is 0 Å². The van der Waals surface area contributed by atoms with Gasteiger partial charge in [0.1, 0.15) is 0 Å². The molecule has 0 aromatic heterocycles. The monoisotopic (exact) mass is 136 g/mol. The highest BCUT2D eigenvalue weighted by Crippen LogP contribution is 2.23. The molecule has 2 nitrogen and oxygen atoms in total. The number of hydrogen-bond donors (Lipinski definition) is 2. The second-order valence-corrected chi connectivity index (χ2v) is 2.86.